The highest BCUT2D eigenvalue weighted by molar-refractivity contribution is 5.95. The van der Waals surface area contributed by atoms with Gasteiger partial charge >= 0.3 is 5.69 Å². The first kappa shape index (κ1) is 11.0. The zero-order valence-corrected chi connectivity index (χ0v) is 9.66. The molecule has 1 aliphatic heterocycles. The summed E-state index contributed by atoms with van der Waals surface area (Å²) in [4.78, 5) is 28.2. The minimum atomic E-state index is -0.356. The maximum absolute atomic E-state index is 11.8. The number of aromatic nitrogens is 2. The molecule has 3 N–H and O–H groups in total. The van der Waals surface area contributed by atoms with Crippen LogP contribution in [0.25, 0.3) is 11.0 Å². The molecule has 0 spiro atoms. The topological polar surface area (TPSA) is 87.0 Å². The molecule has 3 rings (SSSR count). The first-order valence-corrected chi connectivity index (χ1v) is 5.87. The second kappa shape index (κ2) is 4.30. The van der Waals surface area contributed by atoms with E-state index < -0.39 is 0 Å². The molecule has 1 atom stereocenters. The van der Waals surface area contributed by atoms with E-state index in [1.165, 1.54) is 0 Å². The number of fused-ring (bicyclic) bond motifs is 1. The maximum Gasteiger partial charge on any atom is 0.323 e. The van der Waals surface area contributed by atoms with Crippen LogP contribution in [-0.2, 0) is 9.53 Å². The molecule has 0 radical (unpaired) electrons. The summed E-state index contributed by atoms with van der Waals surface area (Å²) in [5.74, 6) is -0.135. The Morgan fingerprint density at radius 3 is 2.94 bits per heavy atom. The van der Waals surface area contributed by atoms with Gasteiger partial charge in [-0.05, 0) is 31.0 Å². The number of carbonyl (C=O) groups excluding carboxylic acids is 1. The fraction of sp³-hybridized carbons (Fsp3) is 0.333. The molecule has 2 heterocycles. The number of H-pyrrole nitrogens is 2. The number of nitrogens with one attached hydrogen (secondary N) is 3. The quantitative estimate of drug-likeness (QED) is 0.739. The van der Waals surface area contributed by atoms with Crippen LogP contribution in [0.15, 0.2) is 23.0 Å². The molecule has 1 aliphatic rings. The lowest BCUT2D eigenvalue weighted by Gasteiger charge is -2.10. The zero-order valence-electron chi connectivity index (χ0n) is 9.66. The maximum atomic E-state index is 11.8. The molecule has 18 heavy (non-hydrogen) atoms. The van der Waals surface area contributed by atoms with E-state index in [4.69, 9.17) is 4.74 Å². The van der Waals surface area contributed by atoms with Gasteiger partial charge in [0.15, 0.2) is 0 Å². The van der Waals surface area contributed by atoms with Gasteiger partial charge in [0.2, 0.25) is 0 Å². The van der Waals surface area contributed by atoms with Crippen molar-refractivity contribution in [2.24, 2.45) is 0 Å². The molecular formula is C12H13N3O3. The summed E-state index contributed by atoms with van der Waals surface area (Å²) in [5.41, 5.74) is 1.78. The fourth-order valence-electron chi connectivity index (χ4n) is 2.12. The lowest BCUT2D eigenvalue weighted by Crippen LogP contribution is -2.26. The molecule has 1 fully saturated rings. The molecule has 1 aromatic carbocycles. The Labute approximate surface area is 102 Å². The lowest BCUT2D eigenvalue weighted by atomic mass is 10.2. The second-order valence-corrected chi connectivity index (χ2v) is 4.33. The molecule has 6 nitrogen and oxygen atoms in total. The number of benzene rings is 1. The van der Waals surface area contributed by atoms with Gasteiger partial charge in [0.25, 0.3) is 5.91 Å². The van der Waals surface area contributed by atoms with Crippen LogP contribution < -0.4 is 11.0 Å². The van der Waals surface area contributed by atoms with Crippen LogP contribution in [0.2, 0.25) is 0 Å². The normalized spacial score (nSPS) is 19.2. The second-order valence-electron chi connectivity index (χ2n) is 4.33. The third-order valence-corrected chi connectivity index (χ3v) is 3.01. The van der Waals surface area contributed by atoms with Crippen LogP contribution in [0.3, 0.4) is 0 Å². The van der Waals surface area contributed by atoms with Crippen molar-refractivity contribution in [1.82, 2.24) is 9.97 Å². The summed E-state index contributed by atoms with van der Waals surface area (Å²) >= 11 is 0. The number of carbonyl (C=O) groups is 1. The van der Waals surface area contributed by atoms with Gasteiger partial charge in [-0.15, -0.1) is 0 Å². The summed E-state index contributed by atoms with van der Waals surface area (Å²) in [5, 5.41) is 2.79. The molecule has 6 heteroatoms. The van der Waals surface area contributed by atoms with E-state index in [0.29, 0.717) is 17.8 Å². The van der Waals surface area contributed by atoms with Crippen molar-refractivity contribution in [2.45, 2.75) is 18.9 Å². The Hall–Kier alpha value is -2.08. The average Bonchev–Trinajstić information content (AvgIpc) is 2.95. The molecular weight excluding hydrogens is 234 g/mol. The SMILES string of the molecule is O=C(Nc1ccc2[nH]c(=O)[nH]c2c1)[C@H]1CCCO1. The van der Waals surface area contributed by atoms with Gasteiger partial charge in [0.05, 0.1) is 11.0 Å². The number of hydrogen-bond acceptors (Lipinski definition) is 3. The van der Waals surface area contributed by atoms with Gasteiger partial charge in [-0.25, -0.2) is 4.79 Å². The molecule has 0 aliphatic carbocycles. The van der Waals surface area contributed by atoms with Crippen LogP contribution in [-0.4, -0.2) is 28.6 Å². The zero-order chi connectivity index (χ0) is 12.5. The van der Waals surface area contributed by atoms with Crippen molar-refractivity contribution < 1.29 is 9.53 Å². The third kappa shape index (κ3) is 2.02. The number of anilines is 1. The summed E-state index contributed by atoms with van der Waals surface area (Å²) in [6.45, 7) is 0.641. The molecule has 0 unspecified atom stereocenters. The van der Waals surface area contributed by atoms with Crippen LogP contribution in [0.1, 0.15) is 12.8 Å². The first-order valence-electron chi connectivity index (χ1n) is 5.87. The van der Waals surface area contributed by atoms with Crippen LogP contribution in [0.5, 0.6) is 0 Å². The number of rotatable bonds is 2. The molecule has 0 bridgehead atoms. The van der Waals surface area contributed by atoms with Crippen molar-refractivity contribution in [3.8, 4) is 0 Å². The number of ether oxygens (including phenoxy) is 1. The summed E-state index contributed by atoms with van der Waals surface area (Å²) in [6.07, 6.45) is 1.32. The molecule has 0 saturated carbocycles. The Kier molecular flexibility index (Phi) is 2.64. The molecule has 1 aromatic heterocycles. The van der Waals surface area contributed by atoms with Crippen molar-refractivity contribution in [3.63, 3.8) is 0 Å². The highest BCUT2D eigenvalue weighted by Gasteiger charge is 2.23. The van der Waals surface area contributed by atoms with Gasteiger partial charge in [-0.2, -0.15) is 0 Å². The predicted octanol–water partition coefficient (Wildman–Crippen LogP) is 0.974. The number of amides is 1. The minimum absolute atomic E-state index is 0.135. The predicted molar refractivity (Wildman–Crippen MR) is 66.5 cm³/mol. The van der Waals surface area contributed by atoms with Crippen molar-refractivity contribution >= 4 is 22.6 Å². The Morgan fingerprint density at radius 2 is 2.17 bits per heavy atom. The van der Waals surface area contributed by atoms with E-state index in [2.05, 4.69) is 15.3 Å². The van der Waals surface area contributed by atoms with E-state index in [0.717, 1.165) is 18.4 Å². The molecule has 2 aromatic rings. The smallest absolute Gasteiger partial charge is 0.323 e. The van der Waals surface area contributed by atoms with E-state index >= 15 is 0 Å². The van der Waals surface area contributed by atoms with E-state index in [1.54, 1.807) is 18.2 Å². The van der Waals surface area contributed by atoms with Crippen molar-refractivity contribution in [1.29, 1.82) is 0 Å². The summed E-state index contributed by atoms with van der Waals surface area (Å²) in [7, 11) is 0. The highest BCUT2D eigenvalue weighted by Crippen LogP contribution is 2.17. The summed E-state index contributed by atoms with van der Waals surface area (Å²) < 4.78 is 5.30. The van der Waals surface area contributed by atoms with Crippen molar-refractivity contribution in [3.05, 3.63) is 28.7 Å². The fourth-order valence-corrected chi connectivity index (χ4v) is 2.12. The van der Waals surface area contributed by atoms with Gasteiger partial charge in [-0.3, -0.25) is 4.79 Å². The standard InChI is InChI=1S/C12H13N3O3/c16-11(10-2-1-5-18-10)13-7-3-4-8-9(6-7)15-12(17)14-8/h3-4,6,10H,1-2,5H2,(H,13,16)(H2,14,15,17)/t10-/m1/s1. The van der Waals surface area contributed by atoms with Gasteiger partial charge in [-0.1, -0.05) is 0 Å². The first-order chi connectivity index (χ1) is 8.72. The van der Waals surface area contributed by atoms with Crippen molar-refractivity contribution in [2.75, 3.05) is 11.9 Å². The highest BCUT2D eigenvalue weighted by atomic mass is 16.5. The summed E-state index contributed by atoms with van der Waals surface area (Å²) in [6, 6.07) is 5.22. The van der Waals surface area contributed by atoms with E-state index in [-0.39, 0.29) is 17.7 Å². The Bertz CT molecular complexity index is 637. The largest absolute Gasteiger partial charge is 0.368 e. The minimum Gasteiger partial charge on any atom is -0.368 e. The molecule has 1 amide bonds. The van der Waals surface area contributed by atoms with Crippen LogP contribution >= 0.6 is 0 Å². The van der Waals surface area contributed by atoms with Gasteiger partial charge < -0.3 is 20.0 Å². The number of hydrogen-bond donors (Lipinski definition) is 3. The lowest BCUT2D eigenvalue weighted by molar-refractivity contribution is -0.124. The number of aromatic amines is 2. The monoisotopic (exact) mass is 247 g/mol. The third-order valence-electron chi connectivity index (χ3n) is 3.01. The number of imidazole rings is 1. The Morgan fingerprint density at radius 1 is 1.33 bits per heavy atom. The molecule has 94 valence electrons. The van der Waals surface area contributed by atoms with Gasteiger partial charge in [0, 0.05) is 12.3 Å². The van der Waals surface area contributed by atoms with Crippen LogP contribution in [0.4, 0.5) is 5.69 Å². The van der Waals surface area contributed by atoms with Gasteiger partial charge in [0.1, 0.15) is 6.10 Å². The van der Waals surface area contributed by atoms with E-state index in [1.807, 2.05) is 0 Å². The average molecular weight is 247 g/mol. The van der Waals surface area contributed by atoms with E-state index in [9.17, 15) is 9.59 Å². The molecule has 1 saturated heterocycles. The van der Waals surface area contributed by atoms with Crippen LogP contribution in [0, 0.1) is 0 Å². The Balaban J connectivity index is 1.81.